The smallest absolute Gasteiger partial charge is 0.316 e. The zero-order valence-corrected chi connectivity index (χ0v) is 16.4. The van der Waals surface area contributed by atoms with Gasteiger partial charge in [-0.1, -0.05) is 49.3 Å². The molecular formula is C16H26N4O3S2. The molecule has 0 radical (unpaired) electrons. The lowest BCUT2D eigenvalue weighted by atomic mass is 9.96. The molecule has 2 rings (SSSR count). The molecule has 9 heteroatoms. The molecule has 0 saturated heterocycles. The van der Waals surface area contributed by atoms with Crippen LogP contribution >= 0.6 is 23.1 Å². The number of thioether (sulfide) groups is 1. The van der Waals surface area contributed by atoms with Crippen molar-refractivity contribution in [1.82, 2.24) is 15.5 Å². The van der Waals surface area contributed by atoms with E-state index < -0.39 is 5.97 Å². The first-order chi connectivity index (χ1) is 12.1. The third-order valence-electron chi connectivity index (χ3n) is 4.04. The zero-order chi connectivity index (χ0) is 18.1. The Kier molecular flexibility index (Phi) is 8.47. The van der Waals surface area contributed by atoms with Crippen molar-refractivity contribution in [3.05, 3.63) is 0 Å². The fourth-order valence-electron chi connectivity index (χ4n) is 2.47. The summed E-state index contributed by atoms with van der Waals surface area (Å²) in [4.78, 5) is 23.3. The van der Waals surface area contributed by atoms with Gasteiger partial charge in [0.1, 0.15) is 0 Å². The van der Waals surface area contributed by atoms with E-state index in [1.54, 1.807) is 0 Å². The number of anilines is 1. The van der Waals surface area contributed by atoms with Gasteiger partial charge in [-0.15, -0.1) is 10.2 Å². The minimum absolute atomic E-state index is 0.0806. The highest BCUT2D eigenvalue weighted by molar-refractivity contribution is 8.01. The van der Waals surface area contributed by atoms with Gasteiger partial charge in [-0.2, -0.15) is 0 Å². The van der Waals surface area contributed by atoms with E-state index in [-0.39, 0.29) is 24.3 Å². The summed E-state index contributed by atoms with van der Waals surface area (Å²) in [6.45, 7) is 3.64. The normalized spacial score (nSPS) is 16.2. The van der Waals surface area contributed by atoms with Gasteiger partial charge < -0.3 is 15.4 Å². The largest absolute Gasteiger partial charge is 0.455 e. The second-order valence-electron chi connectivity index (χ2n) is 6.18. The molecule has 7 nitrogen and oxygen atoms in total. The minimum Gasteiger partial charge on any atom is -0.455 e. The molecule has 1 aliphatic carbocycles. The fraction of sp³-hybridized carbons (Fsp3) is 0.750. The summed E-state index contributed by atoms with van der Waals surface area (Å²) in [5, 5.41) is 15.2. The number of hydrogen-bond acceptors (Lipinski definition) is 8. The van der Waals surface area contributed by atoms with Crippen LogP contribution in [0, 0.1) is 0 Å². The number of nitrogens with one attached hydrogen (secondary N) is 2. The number of ether oxygens (including phenoxy) is 1. The first kappa shape index (κ1) is 20.0. The van der Waals surface area contributed by atoms with Gasteiger partial charge in [0.15, 0.2) is 10.9 Å². The number of carbonyl (C=O) groups excluding carboxylic acids is 2. The first-order valence-corrected chi connectivity index (χ1v) is 10.5. The molecule has 1 aliphatic rings. The Hall–Kier alpha value is -1.35. The van der Waals surface area contributed by atoms with E-state index >= 15 is 0 Å². The highest BCUT2D eigenvalue weighted by Gasteiger charge is 2.16. The Balaban J connectivity index is 1.65. The molecule has 0 spiro atoms. The number of hydrogen-bond donors (Lipinski definition) is 2. The van der Waals surface area contributed by atoms with Crippen molar-refractivity contribution >= 4 is 40.1 Å². The maximum absolute atomic E-state index is 11.7. The average molecular weight is 387 g/mol. The summed E-state index contributed by atoms with van der Waals surface area (Å²) >= 11 is 2.73. The van der Waals surface area contributed by atoms with E-state index in [0.717, 1.165) is 15.9 Å². The lowest BCUT2D eigenvalue weighted by Gasteiger charge is -2.21. The monoisotopic (exact) mass is 386 g/mol. The molecule has 2 N–H and O–H groups in total. The first-order valence-electron chi connectivity index (χ1n) is 8.74. The van der Waals surface area contributed by atoms with E-state index in [4.69, 9.17) is 4.74 Å². The van der Waals surface area contributed by atoms with E-state index in [1.807, 2.05) is 13.8 Å². The van der Waals surface area contributed by atoms with Crippen LogP contribution in [0.3, 0.4) is 0 Å². The molecule has 0 bridgehead atoms. The van der Waals surface area contributed by atoms with Crippen molar-refractivity contribution in [1.29, 1.82) is 0 Å². The van der Waals surface area contributed by atoms with Crippen molar-refractivity contribution < 1.29 is 14.3 Å². The molecule has 0 aromatic carbocycles. The summed E-state index contributed by atoms with van der Waals surface area (Å²) in [5.41, 5.74) is 0. The van der Waals surface area contributed by atoms with Crippen LogP contribution in [0.1, 0.15) is 52.4 Å². The summed E-state index contributed by atoms with van der Waals surface area (Å²) < 4.78 is 5.69. The van der Waals surface area contributed by atoms with Crippen LogP contribution in [0.5, 0.6) is 0 Å². The number of amides is 1. The Labute approximate surface area is 156 Å². The van der Waals surface area contributed by atoms with Crippen molar-refractivity contribution in [2.75, 3.05) is 17.7 Å². The topological polar surface area (TPSA) is 93.2 Å². The Morgan fingerprint density at radius 1 is 1.32 bits per heavy atom. The molecular weight excluding hydrogens is 360 g/mol. The van der Waals surface area contributed by atoms with E-state index in [2.05, 4.69) is 20.8 Å². The van der Waals surface area contributed by atoms with Crippen LogP contribution in [-0.2, 0) is 14.3 Å². The van der Waals surface area contributed by atoms with Crippen LogP contribution in [-0.4, -0.2) is 46.5 Å². The van der Waals surface area contributed by atoms with Crippen molar-refractivity contribution in [3.63, 3.8) is 0 Å². The number of carbonyl (C=O) groups is 2. The van der Waals surface area contributed by atoms with Gasteiger partial charge in [-0.25, -0.2) is 0 Å². The Bertz CT molecular complexity index is 561. The number of aromatic nitrogens is 2. The SMILES string of the molecule is CC[C@@H](C)NC(=O)COC(=O)CSc1nnc(NC2CCCCC2)s1. The molecule has 1 amide bonds. The molecule has 1 saturated carbocycles. The molecule has 140 valence electrons. The third kappa shape index (κ3) is 7.60. The van der Waals surface area contributed by atoms with Crippen LogP contribution in [0.15, 0.2) is 4.34 Å². The van der Waals surface area contributed by atoms with Gasteiger partial charge >= 0.3 is 5.97 Å². The maximum atomic E-state index is 11.7. The molecule has 1 fully saturated rings. The second kappa shape index (κ2) is 10.6. The third-order valence-corrected chi connectivity index (χ3v) is 6.00. The molecule has 1 aromatic heterocycles. The standard InChI is InChI=1S/C16H26N4O3S2/c1-3-11(2)17-13(21)9-23-14(22)10-24-16-20-19-15(25-16)18-12-7-5-4-6-8-12/h11-12H,3-10H2,1-2H3,(H,17,21)(H,18,19)/t11-/m1/s1. The molecule has 0 aliphatic heterocycles. The van der Waals surface area contributed by atoms with E-state index in [1.165, 1.54) is 55.2 Å². The van der Waals surface area contributed by atoms with Gasteiger partial charge in [-0.3, -0.25) is 9.59 Å². The Morgan fingerprint density at radius 2 is 2.08 bits per heavy atom. The van der Waals surface area contributed by atoms with Crippen LogP contribution in [0.4, 0.5) is 5.13 Å². The molecule has 0 unspecified atom stereocenters. The summed E-state index contributed by atoms with van der Waals surface area (Å²) in [6.07, 6.45) is 7.01. The zero-order valence-electron chi connectivity index (χ0n) is 14.7. The molecule has 1 heterocycles. The van der Waals surface area contributed by atoms with Crippen molar-refractivity contribution in [2.45, 2.75) is 68.8 Å². The summed E-state index contributed by atoms with van der Waals surface area (Å²) in [5.74, 6) is -0.585. The number of rotatable bonds is 9. The molecule has 25 heavy (non-hydrogen) atoms. The number of nitrogens with zero attached hydrogens (tertiary/aromatic N) is 2. The lowest BCUT2D eigenvalue weighted by Crippen LogP contribution is -2.35. The van der Waals surface area contributed by atoms with Crippen molar-refractivity contribution in [2.24, 2.45) is 0 Å². The highest BCUT2D eigenvalue weighted by atomic mass is 32.2. The molecule has 1 atom stereocenters. The van der Waals surface area contributed by atoms with Gasteiger partial charge in [0.05, 0.1) is 5.75 Å². The van der Waals surface area contributed by atoms with Crippen LogP contribution in [0.2, 0.25) is 0 Å². The predicted molar refractivity (Wildman–Crippen MR) is 100.0 cm³/mol. The summed E-state index contributed by atoms with van der Waals surface area (Å²) in [6, 6.07) is 0.561. The number of esters is 1. The van der Waals surface area contributed by atoms with E-state index in [9.17, 15) is 9.59 Å². The minimum atomic E-state index is -0.429. The fourth-order valence-corrected chi connectivity index (χ4v) is 4.10. The lowest BCUT2D eigenvalue weighted by molar-refractivity contribution is -0.146. The van der Waals surface area contributed by atoms with Gasteiger partial charge in [0.25, 0.3) is 5.91 Å². The van der Waals surface area contributed by atoms with Gasteiger partial charge in [0.2, 0.25) is 5.13 Å². The van der Waals surface area contributed by atoms with Gasteiger partial charge in [0, 0.05) is 12.1 Å². The second-order valence-corrected chi connectivity index (χ2v) is 8.38. The van der Waals surface area contributed by atoms with Gasteiger partial charge in [-0.05, 0) is 26.2 Å². The molecule has 1 aromatic rings. The average Bonchev–Trinajstić information content (AvgIpc) is 3.06. The Morgan fingerprint density at radius 3 is 2.80 bits per heavy atom. The predicted octanol–water partition coefficient (Wildman–Crippen LogP) is 2.83. The van der Waals surface area contributed by atoms with Crippen LogP contribution < -0.4 is 10.6 Å². The van der Waals surface area contributed by atoms with Crippen molar-refractivity contribution in [3.8, 4) is 0 Å². The summed E-state index contributed by atoms with van der Waals surface area (Å²) in [7, 11) is 0. The highest BCUT2D eigenvalue weighted by Crippen LogP contribution is 2.28. The van der Waals surface area contributed by atoms with Crippen LogP contribution in [0.25, 0.3) is 0 Å². The van der Waals surface area contributed by atoms with E-state index in [0.29, 0.717) is 6.04 Å². The quantitative estimate of drug-likeness (QED) is 0.498. The maximum Gasteiger partial charge on any atom is 0.316 e.